The molecule has 1 rings (SSSR count). The summed E-state index contributed by atoms with van der Waals surface area (Å²) in [5.41, 5.74) is 0. The largest absolute Gasteiger partial charge is 0.397 e. The molecular weight excluding hydrogens is 222 g/mol. The first-order chi connectivity index (χ1) is 7.22. The Morgan fingerprint density at radius 1 is 1.12 bits per heavy atom. The van der Waals surface area contributed by atoms with Crippen molar-refractivity contribution in [2.45, 2.75) is 52.6 Å². The Balaban J connectivity index is 2.85. The van der Waals surface area contributed by atoms with E-state index in [0.717, 1.165) is 0 Å². The molecule has 1 aliphatic heterocycles. The van der Waals surface area contributed by atoms with Gasteiger partial charge in [0.05, 0.1) is 0 Å². The van der Waals surface area contributed by atoms with Crippen LogP contribution in [0.2, 0.25) is 19.6 Å². The second-order valence-corrected chi connectivity index (χ2v) is 9.98. The number of carbonyl (C=O) groups is 2. The van der Waals surface area contributed by atoms with E-state index in [-0.39, 0.29) is 24.0 Å². The summed E-state index contributed by atoms with van der Waals surface area (Å²) in [6.45, 7) is 10.1. The lowest BCUT2D eigenvalue weighted by Crippen LogP contribution is -2.49. The van der Waals surface area contributed by atoms with Gasteiger partial charge in [0.2, 0.25) is 11.8 Å². The van der Waals surface area contributed by atoms with Gasteiger partial charge < -0.3 is 4.43 Å². The van der Waals surface area contributed by atoms with Crippen molar-refractivity contribution >= 4 is 20.1 Å². The van der Waals surface area contributed by atoms with E-state index in [2.05, 4.69) is 19.6 Å². The second-order valence-electron chi connectivity index (χ2n) is 5.52. The first kappa shape index (κ1) is 13.4. The van der Waals surface area contributed by atoms with Gasteiger partial charge in [0.1, 0.15) is 6.23 Å². The Morgan fingerprint density at radius 3 is 1.88 bits per heavy atom. The zero-order valence-electron chi connectivity index (χ0n) is 10.7. The van der Waals surface area contributed by atoms with Gasteiger partial charge in [0.25, 0.3) is 0 Å². The van der Waals surface area contributed by atoms with Crippen molar-refractivity contribution in [2.24, 2.45) is 5.92 Å². The number of nitrogens with zero attached hydrogens (tertiary/aromatic N) is 1. The summed E-state index contributed by atoms with van der Waals surface area (Å²) in [6, 6.07) is 0. The lowest BCUT2D eigenvalue weighted by atomic mass is 10.2. The van der Waals surface area contributed by atoms with Crippen molar-refractivity contribution in [3.8, 4) is 0 Å². The topological polar surface area (TPSA) is 46.6 Å². The molecule has 0 saturated carbocycles. The molecule has 0 aromatic carbocycles. The van der Waals surface area contributed by atoms with Crippen LogP contribution in [0.1, 0.15) is 26.7 Å². The highest BCUT2D eigenvalue weighted by Gasteiger charge is 2.39. The first-order valence-electron chi connectivity index (χ1n) is 5.75. The van der Waals surface area contributed by atoms with E-state index < -0.39 is 8.32 Å². The predicted octanol–water partition coefficient (Wildman–Crippen LogP) is 1.97. The molecule has 92 valence electrons. The summed E-state index contributed by atoms with van der Waals surface area (Å²) >= 11 is 0. The molecule has 5 heteroatoms. The number of hydrogen-bond donors (Lipinski definition) is 0. The molecule has 0 spiro atoms. The van der Waals surface area contributed by atoms with E-state index in [1.807, 2.05) is 13.8 Å². The molecular formula is C11H21NO3Si. The highest BCUT2D eigenvalue weighted by Crippen LogP contribution is 2.24. The van der Waals surface area contributed by atoms with Crippen molar-refractivity contribution in [1.82, 2.24) is 4.90 Å². The van der Waals surface area contributed by atoms with Crippen LogP contribution in [0, 0.1) is 5.92 Å². The third-order valence-corrected chi connectivity index (χ3v) is 3.34. The van der Waals surface area contributed by atoms with E-state index >= 15 is 0 Å². The van der Waals surface area contributed by atoms with E-state index in [0.29, 0.717) is 12.8 Å². The normalized spacial score (nSPS) is 19.8. The third-order valence-electron chi connectivity index (χ3n) is 2.39. The smallest absolute Gasteiger partial charge is 0.231 e. The number of amides is 2. The van der Waals surface area contributed by atoms with E-state index in [9.17, 15) is 9.59 Å². The summed E-state index contributed by atoms with van der Waals surface area (Å²) in [7, 11) is -1.76. The van der Waals surface area contributed by atoms with Gasteiger partial charge in [0.15, 0.2) is 8.32 Å². The number of rotatable bonds is 4. The molecule has 1 aliphatic rings. The van der Waals surface area contributed by atoms with Gasteiger partial charge in [-0.25, -0.2) is 0 Å². The summed E-state index contributed by atoms with van der Waals surface area (Å²) in [5, 5.41) is 0. The molecule has 0 bridgehead atoms. The van der Waals surface area contributed by atoms with Crippen LogP contribution in [0.4, 0.5) is 0 Å². The Morgan fingerprint density at radius 2 is 1.56 bits per heavy atom. The maximum atomic E-state index is 11.7. The summed E-state index contributed by atoms with van der Waals surface area (Å²) in [6.07, 6.45) is 0.281. The second kappa shape index (κ2) is 4.67. The summed E-state index contributed by atoms with van der Waals surface area (Å²) in [5.74, 6) is -0.0541. The van der Waals surface area contributed by atoms with Crippen molar-refractivity contribution in [2.75, 3.05) is 0 Å². The fraction of sp³-hybridized carbons (Fsp3) is 0.818. The number of hydrogen-bond acceptors (Lipinski definition) is 3. The Bertz CT molecular complexity index is 280. The van der Waals surface area contributed by atoms with Gasteiger partial charge in [-0.1, -0.05) is 13.8 Å². The van der Waals surface area contributed by atoms with Crippen LogP contribution in [0.3, 0.4) is 0 Å². The van der Waals surface area contributed by atoms with Crippen LogP contribution in [0.15, 0.2) is 0 Å². The van der Waals surface area contributed by atoms with Crippen LogP contribution in [-0.4, -0.2) is 31.3 Å². The quantitative estimate of drug-likeness (QED) is 0.560. The molecule has 1 atom stereocenters. The van der Waals surface area contributed by atoms with Crippen LogP contribution in [0.25, 0.3) is 0 Å². The molecule has 16 heavy (non-hydrogen) atoms. The van der Waals surface area contributed by atoms with Crippen molar-refractivity contribution < 1.29 is 14.0 Å². The maximum absolute atomic E-state index is 11.7. The van der Waals surface area contributed by atoms with Gasteiger partial charge in [-0.05, 0) is 25.6 Å². The third kappa shape index (κ3) is 3.15. The molecule has 0 aliphatic carbocycles. The Labute approximate surface area is 98.1 Å². The van der Waals surface area contributed by atoms with Crippen LogP contribution < -0.4 is 0 Å². The summed E-state index contributed by atoms with van der Waals surface area (Å²) in [4.78, 5) is 24.6. The summed E-state index contributed by atoms with van der Waals surface area (Å²) < 4.78 is 5.95. The lowest BCUT2D eigenvalue weighted by molar-refractivity contribution is -0.150. The van der Waals surface area contributed by atoms with Gasteiger partial charge in [-0.2, -0.15) is 0 Å². The standard InChI is InChI=1S/C11H21NO3Si/c1-8(2)11(15-16(3,4)5)12-9(13)6-7-10(12)14/h8,11H,6-7H2,1-5H3. The molecule has 1 unspecified atom stereocenters. The fourth-order valence-electron chi connectivity index (χ4n) is 1.73. The average molecular weight is 243 g/mol. The zero-order valence-corrected chi connectivity index (χ0v) is 11.7. The average Bonchev–Trinajstić information content (AvgIpc) is 2.41. The minimum absolute atomic E-state index is 0.0954. The van der Waals surface area contributed by atoms with E-state index in [1.54, 1.807) is 0 Å². The SMILES string of the molecule is CC(C)C(O[Si](C)(C)C)N1C(=O)CCC1=O. The number of imide groups is 1. The highest BCUT2D eigenvalue weighted by atomic mass is 28.4. The molecule has 0 aromatic heterocycles. The molecule has 0 aromatic rings. The van der Waals surface area contributed by atoms with Crippen LogP contribution in [-0.2, 0) is 14.0 Å². The maximum Gasteiger partial charge on any atom is 0.231 e. The minimum Gasteiger partial charge on any atom is -0.397 e. The molecule has 1 saturated heterocycles. The van der Waals surface area contributed by atoms with Gasteiger partial charge >= 0.3 is 0 Å². The van der Waals surface area contributed by atoms with Gasteiger partial charge in [0, 0.05) is 12.8 Å². The predicted molar refractivity (Wildman–Crippen MR) is 64.1 cm³/mol. The minimum atomic E-state index is -1.76. The van der Waals surface area contributed by atoms with Gasteiger partial charge in [-0.3, -0.25) is 14.5 Å². The molecule has 4 nitrogen and oxygen atoms in total. The van der Waals surface area contributed by atoms with Gasteiger partial charge in [-0.15, -0.1) is 0 Å². The molecule has 1 fully saturated rings. The van der Waals surface area contributed by atoms with Crippen LogP contribution in [0.5, 0.6) is 0 Å². The molecule has 2 amide bonds. The highest BCUT2D eigenvalue weighted by molar-refractivity contribution is 6.69. The van der Waals surface area contributed by atoms with Crippen molar-refractivity contribution in [3.05, 3.63) is 0 Å². The van der Waals surface area contributed by atoms with E-state index in [1.165, 1.54) is 4.90 Å². The zero-order chi connectivity index (χ0) is 12.5. The number of carbonyl (C=O) groups excluding carboxylic acids is 2. The molecule has 1 heterocycles. The molecule has 0 N–H and O–H groups in total. The fourth-order valence-corrected chi connectivity index (χ4v) is 2.83. The first-order valence-corrected chi connectivity index (χ1v) is 9.16. The van der Waals surface area contributed by atoms with Crippen molar-refractivity contribution in [1.29, 1.82) is 0 Å². The van der Waals surface area contributed by atoms with E-state index in [4.69, 9.17) is 4.43 Å². The Hall–Kier alpha value is -0.683. The monoisotopic (exact) mass is 243 g/mol. The molecule has 0 radical (unpaired) electrons. The number of likely N-dealkylation sites (tertiary alicyclic amines) is 1. The van der Waals surface area contributed by atoms with Crippen molar-refractivity contribution in [3.63, 3.8) is 0 Å². The van der Waals surface area contributed by atoms with Crippen LogP contribution >= 0.6 is 0 Å². The Kier molecular flexibility index (Phi) is 3.91. The lowest BCUT2D eigenvalue weighted by Gasteiger charge is -2.34.